The predicted molar refractivity (Wildman–Crippen MR) is 74.6 cm³/mol. The second-order valence-electron chi connectivity index (χ2n) is 4.19. The SMILES string of the molecule is C=CCC(N)c1nc(-c2cc(OC)cc(OC)c2)no1. The van der Waals surface area contributed by atoms with Gasteiger partial charge in [-0.2, -0.15) is 4.98 Å². The third-order valence-electron chi connectivity index (χ3n) is 2.79. The molecule has 1 unspecified atom stereocenters. The smallest absolute Gasteiger partial charge is 0.244 e. The summed E-state index contributed by atoms with van der Waals surface area (Å²) in [5.41, 5.74) is 6.63. The molecule has 2 aromatic rings. The van der Waals surface area contributed by atoms with Crippen LogP contribution in [0.25, 0.3) is 11.4 Å². The number of methoxy groups -OCH3 is 2. The maximum atomic E-state index is 5.89. The molecule has 0 saturated carbocycles. The van der Waals surface area contributed by atoms with E-state index in [2.05, 4.69) is 16.7 Å². The Kier molecular flexibility index (Phi) is 4.37. The van der Waals surface area contributed by atoms with Crippen LogP contribution in [0, 0.1) is 0 Å². The zero-order valence-electron chi connectivity index (χ0n) is 11.5. The van der Waals surface area contributed by atoms with Gasteiger partial charge in [0.2, 0.25) is 11.7 Å². The van der Waals surface area contributed by atoms with E-state index in [9.17, 15) is 0 Å². The molecule has 0 aliphatic rings. The lowest BCUT2D eigenvalue weighted by Gasteiger charge is -2.05. The summed E-state index contributed by atoms with van der Waals surface area (Å²) in [6.07, 6.45) is 2.28. The van der Waals surface area contributed by atoms with Gasteiger partial charge in [0.25, 0.3) is 0 Å². The Labute approximate surface area is 117 Å². The largest absolute Gasteiger partial charge is 0.497 e. The van der Waals surface area contributed by atoms with Gasteiger partial charge in [-0.05, 0) is 18.6 Å². The molecule has 0 amide bonds. The van der Waals surface area contributed by atoms with Crippen LogP contribution in [0.5, 0.6) is 11.5 Å². The lowest BCUT2D eigenvalue weighted by atomic mass is 10.2. The highest BCUT2D eigenvalue weighted by Crippen LogP contribution is 2.28. The zero-order valence-corrected chi connectivity index (χ0v) is 11.5. The number of hydrogen-bond donors (Lipinski definition) is 1. The molecule has 1 aromatic heterocycles. The van der Waals surface area contributed by atoms with E-state index in [0.717, 1.165) is 5.56 Å². The van der Waals surface area contributed by atoms with E-state index in [-0.39, 0.29) is 6.04 Å². The van der Waals surface area contributed by atoms with Crippen LogP contribution < -0.4 is 15.2 Å². The Morgan fingerprint density at radius 3 is 2.50 bits per heavy atom. The van der Waals surface area contributed by atoms with Gasteiger partial charge in [-0.1, -0.05) is 11.2 Å². The third-order valence-corrected chi connectivity index (χ3v) is 2.79. The minimum atomic E-state index is -0.346. The Hall–Kier alpha value is -2.34. The summed E-state index contributed by atoms with van der Waals surface area (Å²) in [7, 11) is 3.17. The van der Waals surface area contributed by atoms with E-state index in [1.807, 2.05) is 0 Å². The van der Waals surface area contributed by atoms with Crippen LogP contribution in [0.4, 0.5) is 0 Å². The zero-order chi connectivity index (χ0) is 14.5. The number of ether oxygens (including phenoxy) is 2. The highest BCUT2D eigenvalue weighted by Gasteiger charge is 2.15. The molecule has 0 aliphatic heterocycles. The summed E-state index contributed by atoms with van der Waals surface area (Å²) in [6.45, 7) is 3.63. The highest BCUT2D eigenvalue weighted by atomic mass is 16.5. The van der Waals surface area contributed by atoms with Crippen LogP contribution in [0.3, 0.4) is 0 Å². The van der Waals surface area contributed by atoms with Crippen molar-refractivity contribution in [1.82, 2.24) is 10.1 Å². The molecule has 1 heterocycles. The average Bonchev–Trinajstić information content (AvgIpc) is 2.97. The molecule has 0 radical (unpaired) electrons. The molecule has 20 heavy (non-hydrogen) atoms. The quantitative estimate of drug-likeness (QED) is 0.814. The number of nitrogens with zero attached hydrogens (tertiary/aromatic N) is 2. The summed E-state index contributed by atoms with van der Waals surface area (Å²) in [5.74, 6) is 2.13. The number of aromatic nitrogens is 2. The maximum absolute atomic E-state index is 5.89. The van der Waals surface area contributed by atoms with Gasteiger partial charge in [0.05, 0.1) is 20.3 Å². The van der Waals surface area contributed by atoms with Crippen molar-refractivity contribution in [3.8, 4) is 22.9 Å². The molecule has 0 bridgehead atoms. The first-order chi connectivity index (χ1) is 9.67. The van der Waals surface area contributed by atoms with E-state index in [1.165, 1.54) is 0 Å². The molecule has 2 N–H and O–H groups in total. The van der Waals surface area contributed by atoms with Crippen LogP contribution in [0.2, 0.25) is 0 Å². The highest BCUT2D eigenvalue weighted by molar-refractivity contribution is 5.60. The third kappa shape index (κ3) is 2.97. The average molecular weight is 275 g/mol. The van der Waals surface area contributed by atoms with Crippen LogP contribution in [0.1, 0.15) is 18.4 Å². The van der Waals surface area contributed by atoms with Crippen LogP contribution in [-0.4, -0.2) is 24.4 Å². The topological polar surface area (TPSA) is 83.4 Å². The van der Waals surface area contributed by atoms with Gasteiger partial charge in [0, 0.05) is 11.6 Å². The minimum Gasteiger partial charge on any atom is -0.497 e. The molecule has 2 rings (SSSR count). The first-order valence-electron chi connectivity index (χ1n) is 6.11. The van der Waals surface area contributed by atoms with Crippen molar-refractivity contribution in [3.63, 3.8) is 0 Å². The fourth-order valence-electron chi connectivity index (χ4n) is 1.72. The van der Waals surface area contributed by atoms with Gasteiger partial charge in [0.15, 0.2) is 0 Å². The Bertz CT molecular complexity index is 573. The monoisotopic (exact) mass is 275 g/mol. The van der Waals surface area contributed by atoms with Gasteiger partial charge in [-0.25, -0.2) is 0 Å². The molecule has 0 fully saturated rings. The van der Waals surface area contributed by atoms with Crippen LogP contribution in [0.15, 0.2) is 35.4 Å². The Morgan fingerprint density at radius 1 is 1.30 bits per heavy atom. The number of benzene rings is 1. The molecule has 0 aliphatic carbocycles. The molecule has 6 nitrogen and oxygen atoms in total. The van der Waals surface area contributed by atoms with Crippen molar-refractivity contribution in [2.24, 2.45) is 5.73 Å². The van der Waals surface area contributed by atoms with Gasteiger partial charge >= 0.3 is 0 Å². The van der Waals surface area contributed by atoms with Crippen molar-refractivity contribution < 1.29 is 14.0 Å². The fraction of sp³-hybridized carbons (Fsp3) is 0.286. The van der Waals surface area contributed by atoms with Gasteiger partial charge in [0.1, 0.15) is 11.5 Å². The van der Waals surface area contributed by atoms with Crippen LogP contribution in [-0.2, 0) is 0 Å². The van der Waals surface area contributed by atoms with Gasteiger partial charge in [-0.3, -0.25) is 0 Å². The Morgan fingerprint density at radius 2 is 1.95 bits per heavy atom. The lowest BCUT2D eigenvalue weighted by Crippen LogP contribution is -2.09. The molecular formula is C14H17N3O3. The molecule has 1 aromatic carbocycles. The van der Waals surface area contributed by atoms with E-state index in [1.54, 1.807) is 38.5 Å². The maximum Gasteiger partial charge on any atom is 0.244 e. The second-order valence-corrected chi connectivity index (χ2v) is 4.19. The molecule has 0 saturated heterocycles. The number of nitrogens with two attached hydrogens (primary N) is 1. The summed E-state index contributed by atoms with van der Waals surface area (Å²) >= 11 is 0. The molecular weight excluding hydrogens is 258 g/mol. The summed E-state index contributed by atoms with van der Waals surface area (Å²) in [5, 5.41) is 3.93. The lowest BCUT2D eigenvalue weighted by molar-refractivity contribution is 0.355. The minimum absolute atomic E-state index is 0.346. The van der Waals surface area contributed by atoms with Crippen molar-refractivity contribution in [1.29, 1.82) is 0 Å². The van der Waals surface area contributed by atoms with Crippen molar-refractivity contribution in [3.05, 3.63) is 36.7 Å². The van der Waals surface area contributed by atoms with Crippen molar-refractivity contribution >= 4 is 0 Å². The van der Waals surface area contributed by atoms with E-state index < -0.39 is 0 Å². The number of hydrogen-bond acceptors (Lipinski definition) is 6. The van der Waals surface area contributed by atoms with Crippen LogP contribution >= 0.6 is 0 Å². The summed E-state index contributed by atoms with van der Waals surface area (Å²) < 4.78 is 15.6. The summed E-state index contributed by atoms with van der Waals surface area (Å²) in [6, 6.07) is 5.03. The molecule has 0 spiro atoms. The fourth-order valence-corrected chi connectivity index (χ4v) is 1.72. The van der Waals surface area contributed by atoms with E-state index in [0.29, 0.717) is 29.6 Å². The van der Waals surface area contributed by atoms with Gasteiger partial charge in [-0.15, -0.1) is 6.58 Å². The van der Waals surface area contributed by atoms with E-state index >= 15 is 0 Å². The first kappa shape index (κ1) is 14.1. The number of rotatable bonds is 6. The normalized spacial score (nSPS) is 11.9. The molecule has 6 heteroatoms. The van der Waals surface area contributed by atoms with Gasteiger partial charge < -0.3 is 19.7 Å². The second kappa shape index (κ2) is 6.21. The van der Waals surface area contributed by atoms with Crippen molar-refractivity contribution in [2.45, 2.75) is 12.5 Å². The Balaban J connectivity index is 2.34. The van der Waals surface area contributed by atoms with E-state index in [4.69, 9.17) is 19.7 Å². The first-order valence-corrected chi connectivity index (χ1v) is 6.11. The standard InChI is InChI=1S/C14H17N3O3/c1-4-5-12(15)14-16-13(17-20-14)9-6-10(18-2)8-11(7-9)19-3/h4,6-8,12H,1,5,15H2,2-3H3. The van der Waals surface area contributed by atoms with Crippen molar-refractivity contribution in [2.75, 3.05) is 14.2 Å². The summed E-state index contributed by atoms with van der Waals surface area (Å²) in [4.78, 5) is 4.29. The predicted octanol–water partition coefficient (Wildman–Crippen LogP) is 2.33. The molecule has 1 atom stereocenters. The molecule has 106 valence electrons.